The van der Waals surface area contributed by atoms with Crippen LogP contribution in [0.3, 0.4) is 0 Å². The lowest BCUT2D eigenvalue weighted by atomic mass is 10.2. The molecule has 0 aromatic heterocycles. The van der Waals surface area contributed by atoms with Crippen LogP contribution >= 0.6 is 0 Å². The van der Waals surface area contributed by atoms with Crippen LogP contribution in [0.2, 0.25) is 0 Å². The molecule has 0 unspecified atom stereocenters. The molecule has 0 aliphatic carbocycles. The molecule has 9 nitrogen and oxygen atoms in total. The van der Waals surface area contributed by atoms with Crippen molar-refractivity contribution in [3.63, 3.8) is 0 Å². The van der Waals surface area contributed by atoms with Crippen LogP contribution in [0.4, 0.5) is 0 Å². The lowest BCUT2D eigenvalue weighted by Crippen LogP contribution is -2.20. The predicted octanol–water partition coefficient (Wildman–Crippen LogP) is 0.884. The van der Waals surface area contributed by atoms with Gasteiger partial charge in [0, 0.05) is 6.92 Å². The summed E-state index contributed by atoms with van der Waals surface area (Å²) in [6.45, 7) is 0.809. The largest absolute Gasteiger partial charge is 0.761 e. The van der Waals surface area contributed by atoms with E-state index in [-0.39, 0.29) is 27.9 Å². The smallest absolute Gasteiger partial charge is 0.342 e. The first-order chi connectivity index (χ1) is 10.5. The second-order valence-electron chi connectivity index (χ2n) is 4.02. The summed E-state index contributed by atoms with van der Waals surface area (Å²) < 4.78 is 9.86. The van der Waals surface area contributed by atoms with E-state index < -0.39 is 18.5 Å². The number of hydroxylamine groups is 2. The SMILES string of the molecule is CC(=O)Oc1ccccc1C(=O)OCC1=NON(O)C1=C=[N-]. The molecule has 0 bridgehead atoms. The predicted molar refractivity (Wildman–Crippen MR) is 72.1 cm³/mol. The molecule has 0 amide bonds. The van der Waals surface area contributed by atoms with E-state index in [0.29, 0.717) is 0 Å². The maximum Gasteiger partial charge on any atom is 0.342 e. The lowest BCUT2D eigenvalue weighted by Gasteiger charge is -2.09. The highest BCUT2D eigenvalue weighted by atomic mass is 17.0. The van der Waals surface area contributed by atoms with Crippen LogP contribution in [-0.2, 0) is 14.5 Å². The fourth-order valence-corrected chi connectivity index (χ4v) is 1.58. The Morgan fingerprint density at radius 1 is 1.45 bits per heavy atom. The van der Waals surface area contributed by atoms with Gasteiger partial charge < -0.3 is 14.9 Å². The number of ether oxygens (including phenoxy) is 2. The molecule has 0 saturated heterocycles. The molecule has 1 N–H and O–H groups in total. The Labute approximate surface area is 124 Å². The summed E-state index contributed by atoms with van der Waals surface area (Å²) in [7, 11) is 0. The van der Waals surface area contributed by atoms with Gasteiger partial charge in [-0.3, -0.25) is 10.0 Å². The zero-order valence-electron chi connectivity index (χ0n) is 11.3. The first-order valence-electron chi connectivity index (χ1n) is 5.98. The number of carbonyl (C=O) groups excluding carboxylic acids is 2. The van der Waals surface area contributed by atoms with Crippen molar-refractivity contribution in [2.24, 2.45) is 5.16 Å². The number of hydrogen-bond acceptors (Lipinski definition) is 8. The van der Waals surface area contributed by atoms with Gasteiger partial charge in [0.1, 0.15) is 17.9 Å². The summed E-state index contributed by atoms with van der Waals surface area (Å²) in [6, 6.07) is 6.02. The number of benzene rings is 1. The van der Waals surface area contributed by atoms with Gasteiger partial charge in [0.05, 0.1) is 0 Å². The fourth-order valence-electron chi connectivity index (χ4n) is 1.58. The van der Waals surface area contributed by atoms with Crippen molar-refractivity contribution in [2.75, 3.05) is 6.61 Å². The third-order valence-electron chi connectivity index (χ3n) is 2.50. The summed E-state index contributed by atoms with van der Waals surface area (Å²) in [5.41, 5.74) is -0.305. The summed E-state index contributed by atoms with van der Waals surface area (Å²) in [5.74, 6) is 0.332. The number of hydrogen-bond donors (Lipinski definition) is 1. The van der Waals surface area contributed by atoms with Crippen molar-refractivity contribution in [1.29, 1.82) is 0 Å². The van der Waals surface area contributed by atoms with Crippen LogP contribution in [0.25, 0.3) is 5.41 Å². The molecule has 22 heavy (non-hydrogen) atoms. The maximum absolute atomic E-state index is 12.0. The Balaban J connectivity index is 2.08. The number of esters is 2. The molecule has 0 spiro atoms. The molecular weight excluding hydrogens is 294 g/mol. The third-order valence-corrected chi connectivity index (χ3v) is 2.50. The second-order valence-corrected chi connectivity index (χ2v) is 4.02. The van der Waals surface area contributed by atoms with Crippen molar-refractivity contribution < 1.29 is 29.2 Å². The van der Waals surface area contributed by atoms with Gasteiger partial charge in [-0.2, -0.15) is 0 Å². The molecule has 1 aliphatic rings. The van der Waals surface area contributed by atoms with Crippen molar-refractivity contribution >= 4 is 23.5 Å². The molecule has 0 saturated carbocycles. The van der Waals surface area contributed by atoms with Crippen LogP contribution in [0.5, 0.6) is 5.75 Å². The highest BCUT2D eigenvalue weighted by molar-refractivity contribution is 6.08. The van der Waals surface area contributed by atoms with E-state index in [4.69, 9.17) is 20.1 Å². The summed E-state index contributed by atoms with van der Waals surface area (Å²) in [5, 5.41) is 21.4. The van der Waals surface area contributed by atoms with Gasteiger partial charge in [0.2, 0.25) is 0 Å². The Hall–Kier alpha value is -3.16. The quantitative estimate of drug-likeness (QED) is 0.498. The van der Waals surface area contributed by atoms with E-state index in [2.05, 4.69) is 10.1 Å². The molecule has 0 fully saturated rings. The van der Waals surface area contributed by atoms with E-state index in [9.17, 15) is 9.59 Å². The lowest BCUT2D eigenvalue weighted by molar-refractivity contribution is -0.300. The van der Waals surface area contributed by atoms with Crippen molar-refractivity contribution in [3.8, 4) is 5.75 Å². The first kappa shape index (κ1) is 15.2. The van der Waals surface area contributed by atoms with Gasteiger partial charge in [0.15, 0.2) is 11.4 Å². The Morgan fingerprint density at radius 3 is 2.86 bits per heavy atom. The Morgan fingerprint density at radius 2 is 2.18 bits per heavy atom. The van der Waals surface area contributed by atoms with Gasteiger partial charge in [-0.05, 0) is 22.5 Å². The van der Waals surface area contributed by atoms with Crippen molar-refractivity contribution in [2.45, 2.75) is 6.92 Å². The van der Waals surface area contributed by atoms with Crippen LogP contribution < -0.4 is 4.74 Å². The molecular formula is C13H10N3O6-. The molecule has 2 rings (SSSR count). The molecule has 1 aliphatic heterocycles. The van der Waals surface area contributed by atoms with Crippen molar-refractivity contribution in [1.82, 2.24) is 5.23 Å². The maximum atomic E-state index is 12.0. The highest BCUT2D eigenvalue weighted by Crippen LogP contribution is 2.19. The Bertz CT molecular complexity index is 693. The molecule has 114 valence electrons. The number of carbonyl (C=O) groups is 2. The van der Waals surface area contributed by atoms with Gasteiger partial charge in [0.25, 0.3) is 0 Å². The fraction of sp³-hybridized carbons (Fsp3) is 0.154. The number of oxime groups is 1. The van der Waals surface area contributed by atoms with Gasteiger partial charge in [-0.15, -0.1) is 0 Å². The summed E-state index contributed by atoms with van der Waals surface area (Å²) in [4.78, 5) is 27.3. The molecule has 0 atom stereocenters. The molecule has 1 heterocycles. The third kappa shape index (κ3) is 3.29. The standard InChI is InChI=1S/C13H10N3O6/c1-8(17)21-12-5-3-2-4-9(12)13(18)20-7-10-11(6-14)16(19)22-15-10/h2-5,19H,7H2,1H3/q-1. The normalized spacial score (nSPS) is 13.1. The minimum Gasteiger partial charge on any atom is -0.761 e. The minimum atomic E-state index is -0.784. The second kappa shape index (κ2) is 6.53. The first-order valence-corrected chi connectivity index (χ1v) is 5.98. The molecule has 9 heteroatoms. The van der Waals surface area contributed by atoms with Crippen molar-refractivity contribution in [3.05, 3.63) is 40.9 Å². The van der Waals surface area contributed by atoms with E-state index in [0.717, 1.165) is 0 Å². The van der Waals surface area contributed by atoms with Crippen LogP contribution in [0, 0.1) is 0 Å². The number of rotatable bonds is 4. The molecule has 0 radical (unpaired) electrons. The van der Waals surface area contributed by atoms with Crippen LogP contribution in [0.15, 0.2) is 35.1 Å². The van der Waals surface area contributed by atoms with E-state index in [1.165, 1.54) is 19.1 Å². The van der Waals surface area contributed by atoms with E-state index in [1.807, 2.05) is 0 Å². The number of para-hydroxylation sites is 1. The number of nitrogens with zero attached hydrogens (tertiary/aromatic N) is 3. The molecule has 1 aromatic rings. The van der Waals surface area contributed by atoms with Gasteiger partial charge >= 0.3 is 11.9 Å². The Kier molecular flexibility index (Phi) is 4.52. The van der Waals surface area contributed by atoms with Crippen LogP contribution in [-0.4, -0.2) is 40.6 Å². The minimum absolute atomic E-state index is 0.0385. The van der Waals surface area contributed by atoms with Crippen LogP contribution in [0.1, 0.15) is 17.3 Å². The van der Waals surface area contributed by atoms with E-state index >= 15 is 0 Å². The monoisotopic (exact) mass is 304 g/mol. The zero-order chi connectivity index (χ0) is 16.1. The average Bonchev–Trinajstić information content (AvgIpc) is 2.84. The summed E-state index contributed by atoms with van der Waals surface area (Å²) in [6.07, 6.45) is 0. The topological polar surface area (TPSA) is 120 Å². The average molecular weight is 304 g/mol. The van der Waals surface area contributed by atoms with Gasteiger partial charge in [-0.1, -0.05) is 12.1 Å². The van der Waals surface area contributed by atoms with Gasteiger partial charge in [-0.25, -0.2) is 15.6 Å². The van der Waals surface area contributed by atoms with E-state index in [1.54, 1.807) is 18.0 Å². The highest BCUT2D eigenvalue weighted by Gasteiger charge is 2.24. The molecule has 1 aromatic carbocycles. The summed E-state index contributed by atoms with van der Waals surface area (Å²) >= 11 is 0. The zero-order valence-corrected chi connectivity index (χ0v) is 11.3.